The van der Waals surface area contributed by atoms with Crippen LogP contribution in [0.15, 0.2) is 0 Å². The summed E-state index contributed by atoms with van der Waals surface area (Å²) in [4.78, 5) is 27.8. The third-order valence-electron chi connectivity index (χ3n) is 4.09. The summed E-state index contributed by atoms with van der Waals surface area (Å²) in [7, 11) is 1.94. The summed E-state index contributed by atoms with van der Waals surface area (Å²) in [5.74, 6) is -0.644. The van der Waals surface area contributed by atoms with Crippen LogP contribution in [-0.4, -0.2) is 65.0 Å². The molecule has 0 saturated carbocycles. The van der Waals surface area contributed by atoms with Gasteiger partial charge in [0.1, 0.15) is 0 Å². The lowest BCUT2D eigenvalue weighted by atomic mass is 10.1. The van der Waals surface area contributed by atoms with E-state index in [0.717, 1.165) is 23.5 Å². The van der Waals surface area contributed by atoms with Crippen molar-refractivity contribution in [2.24, 2.45) is 11.7 Å². The molecule has 0 spiro atoms. The monoisotopic (exact) mass is 293 g/mol. The molecule has 2 heterocycles. The van der Waals surface area contributed by atoms with Crippen LogP contribution < -0.4 is 5.73 Å². The van der Waals surface area contributed by atoms with Gasteiger partial charge in [-0.25, -0.2) is 0 Å². The molecule has 1 aliphatic rings. The number of aryl methyl sites for hydroxylation is 2. The highest BCUT2D eigenvalue weighted by Gasteiger charge is 2.28. The maximum Gasteiger partial charge on any atom is 0.227 e. The number of nitrogens with one attached hydrogen (secondary N) is 1. The number of aromatic nitrogens is 2. The average molecular weight is 293 g/mol. The Morgan fingerprint density at radius 2 is 2.05 bits per heavy atom. The number of carbonyl (C=O) groups is 2. The van der Waals surface area contributed by atoms with Gasteiger partial charge >= 0.3 is 0 Å². The van der Waals surface area contributed by atoms with Gasteiger partial charge in [0.2, 0.25) is 11.8 Å². The van der Waals surface area contributed by atoms with Crippen LogP contribution >= 0.6 is 0 Å². The van der Waals surface area contributed by atoms with Crippen LogP contribution in [0.2, 0.25) is 0 Å². The number of H-pyrrole nitrogens is 1. The van der Waals surface area contributed by atoms with Gasteiger partial charge in [0.05, 0.1) is 18.0 Å². The number of rotatable bonds is 3. The number of likely N-dealkylation sites (N-methyl/N-ethyl adjacent to an activating group) is 1. The Bertz CT molecular complexity index is 520. The number of hydrogen-bond donors (Lipinski definition) is 2. The first-order valence-corrected chi connectivity index (χ1v) is 7.14. The van der Waals surface area contributed by atoms with E-state index < -0.39 is 0 Å². The van der Waals surface area contributed by atoms with E-state index in [2.05, 4.69) is 10.2 Å². The summed E-state index contributed by atoms with van der Waals surface area (Å²) in [6.45, 7) is 6.16. The van der Waals surface area contributed by atoms with E-state index in [1.165, 1.54) is 0 Å². The molecular weight excluding hydrogens is 270 g/mol. The molecule has 1 aromatic rings. The molecule has 0 radical (unpaired) electrons. The molecule has 1 atom stereocenters. The lowest BCUT2D eigenvalue weighted by Gasteiger charge is -2.22. The fraction of sp³-hybridized carbons (Fsp3) is 0.643. The Hall–Kier alpha value is -1.89. The minimum absolute atomic E-state index is 0.0177. The zero-order valence-corrected chi connectivity index (χ0v) is 12.8. The van der Waals surface area contributed by atoms with Crippen molar-refractivity contribution in [2.75, 3.05) is 33.2 Å². The van der Waals surface area contributed by atoms with Crippen LogP contribution in [0.3, 0.4) is 0 Å². The maximum absolute atomic E-state index is 12.5. The van der Waals surface area contributed by atoms with Crippen LogP contribution in [0.25, 0.3) is 0 Å². The zero-order valence-electron chi connectivity index (χ0n) is 12.8. The molecule has 2 amide bonds. The molecule has 1 aromatic heterocycles. The van der Waals surface area contributed by atoms with Gasteiger partial charge in [0, 0.05) is 37.4 Å². The Morgan fingerprint density at radius 3 is 2.62 bits per heavy atom. The lowest BCUT2D eigenvalue weighted by molar-refractivity contribution is -0.131. The molecule has 2 rings (SSSR count). The topological polar surface area (TPSA) is 95.3 Å². The maximum atomic E-state index is 12.5. The summed E-state index contributed by atoms with van der Waals surface area (Å²) in [6, 6.07) is 0. The predicted octanol–water partition coefficient (Wildman–Crippen LogP) is -0.555. The molecule has 7 heteroatoms. The van der Waals surface area contributed by atoms with E-state index in [1.807, 2.05) is 25.8 Å². The summed E-state index contributed by atoms with van der Waals surface area (Å²) in [6.07, 6.45) is 0.309. The van der Waals surface area contributed by atoms with Crippen LogP contribution in [-0.2, 0) is 16.0 Å². The number of amides is 2. The van der Waals surface area contributed by atoms with E-state index in [9.17, 15) is 9.59 Å². The number of primary amides is 1. The van der Waals surface area contributed by atoms with Gasteiger partial charge in [0.15, 0.2) is 0 Å². The van der Waals surface area contributed by atoms with Crippen molar-refractivity contribution in [1.29, 1.82) is 0 Å². The van der Waals surface area contributed by atoms with E-state index >= 15 is 0 Å². The Labute approximate surface area is 124 Å². The summed E-state index contributed by atoms with van der Waals surface area (Å²) < 4.78 is 0. The van der Waals surface area contributed by atoms with Crippen LogP contribution in [0.5, 0.6) is 0 Å². The first kappa shape index (κ1) is 15.5. The highest BCUT2D eigenvalue weighted by molar-refractivity contribution is 5.81. The second-order valence-corrected chi connectivity index (χ2v) is 5.79. The fourth-order valence-electron chi connectivity index (χ4n) is 2.68. The number of nitrogens with zero attached hydrogens (tertiary/aromatic N) is 3. The number of carbonyl (C=O) groups excluding carboxylic acids is 2. The molecule has 0 aliphatic carbocycles. The molecular formula is C14H23N5O2. The Kier molecular flexibility index (Phi) is 4.62. The number of aromatic amines is 1. The van der Waals surface area contributed by atoms with E-state index in [-0.39, 0.29) is 17.7 Å². The molecule has 7 nitrogen and oxygen atoms in total. The van der Waals surface area contributed by atoms with Crippen molar-refractivity contribution in [3.8, 4) is 0 Å². The molecule has 0 aromatic carbocycles. The van der Waals surface area contributed by atoms with Gasteiger partial charge in [-0.2, -0.15) is 5.10 Å². The second kappa shape index (κ2) is 6.26. The number of hydrogen-bond acceptors (Lipinski definition) is 4. The standard InChI is InChI=1S/C14H23N5O2/c1-9-12(10(2)17-16-9)6-13(20)19-5-4-18(3)7-11(8-19)14(15)21/h11H,4-8H2,1-3H3,(H2,15,21)(H,16,17). The molecule has 116 valence electrons. The van der Waals surface area contributed by atoms with E-state index in [4.69, 9.17) is 5.73 Å². The highest BCUT2D eigenvalue weighted by atomic mass is 16.2. The van der Waals surface area contributed by atoms with Crippen molar-refractivity contribution < 1.29 is 9.59 Å². The van der Waals surface area contributed by atoms with Gasteiger partial charge in [-0.3, -0.25) is 14.7 Å². The van der Waals surface area contributed by atoms with Gasteiger partial charge in [-0.15, -0.1) is 0 Å². The normalized spacial score (nSPS) is 20.3. The highest BCUT2D eigenvalue weighted by Crippen LogP contribution is 2.14. The molecule has 1 saturated heterocycles. The minimum Gasteiger partial charge on any atom is -0.369 e. The van der Waals surface area contributed by atoms with Crippen LogP contribution in [0.4, 0.5) is 0 Å². The number of nitrogens with two attached hydrogens (primary N) is 1. The average Bonchev–Trinajstić information content (AvgIpc) is 2.65. The van der Waals surface area contributed by atoms with Crippen molar-refractivity contribution in [3.05, 3.63) is 17.0 Å². The van der Waals surface area contributed by atoms with Gasteiger partial charge in [-0.1, -0.05) is 0 Å². The summed E-state index contributed by atoms with van der Waals surface area (Å²) >= 11 is 0. The molecule has 0 bridgehead atoms. The summed E-state index contributed by atoms with van der Waals surface area (Å²) in [5, 5.41) is 7.00. The zero-order chi connectivity index (χ0) is 15.6. The van der Waals surface area contributed by atoms with Crippen LogP contribution in [0.1, 0.15) is 17.0 Å². The van der Waals surface area contributed by atoms with Crippen molar-refractivity contribution in [2.45, 2.75) is 20.3 Å². The molecule has 1 aliphatic heterocycles. The van der Waals surface area contributed by atoms with E-state index in [1.54, 1.807) is 4.90 Å². The lowest BCUT2D eigenvalue weighted by Crippen LogP contribution is -2.41. The minimum atomic E-state index is -0.350. The van der Waals surface area contributed by atoms with Gasteiger partial charge in [0.25, 0.3) is 0 Å². The van der Waals surface area contributed by atoms with Crippen molar-refractivity contribution in [3.63, 3.8) is 0 Å². The largest absolute Gasteiger partial charge is 0.369 e. The first-order chi connectivity index (χ1) is 9.88. The molecule has 1 fully saturated rings. The third kappa shape index (κ3) is 3.60. The van der Waals surface area contributed by atoms with Crippen molar-refractivity contribution >= 4 is 11.8 Å². The molecule has 21 heavy (non-hydrogen) atoms. The fourth-order valence-corrected chi connectivity index (χ4v) is 2.68. The SMILES string of the molecule is Cc1n[nH]c(C)c1CC(=O)N1CCN(C)CC(C(N)=O)C1. The quantitative estimate of drug-likeness (QED) is 0.781. The summed E-state index contributed by atoms with van der Waals surface area (Å²) in [5.41, 5.74) is 8.13. The molecule has 1 unspecified atom stereocenters. The van der Waals surface area contributed by atoms with Crippen LogP contribution in [0, 0.1) is 19.8 Å². The third-order valence-corrected chi connectivity index (χ3v) is 4.09. The molecule has 3 N–H and O–H groups in total. The first-order valence-electron chi connectivity index (χ1n) is 7.14. The van der Waals surface area contributed by atoms with E-state index in [0.29, 0.717) is 26.1 Å². The van der Waals surface area contributed by atoms with Gasteiger partial charge < -0.3 is 15.5 Å². The second-order valence-electron chi connectivity index (χ2n) is 5.79. The smallest absolute Gasteiger partial charge is 0.227 e. The Balaban J connectivity index is 2.09. The van der Waals surface area contributed by atoms with Crippen molar-refractivity contribution in [1.82, 2.24) is 20.0 Å². The Morgan fingerprint density at radius 1 is 1.33 bits per heavy atom. The predicted molar refractivity (Wildman–Crippen MR) is 78.5 cm³/mol. The van der Waals surface area contributed by atoms with Gasteiger partial charge in [-0.05, 0) is 20.9 Å².